The van der Waals surface area contributed by atoms with Gasteiger partial charge in [0.05, 0.1) is 6.61 Å². The highest BCUT2D eigenvalue weighted by Crippen LogP contribution is 2.09. The maximum Gasteiger partial charge on any atom is 0.0591 e. The topological polar surface area (TPSA) is 21.3 Å². The zero-order valence-corrected chi connectivity index (χ0v) is 13.6. The van der Waals surface area contributed by atoms with Crippen LogP contribution in [0.25, 0.3) is 0 Å². The summed E-state index contributed by atoms with van der Waals surface area (Å²) in [5.41, 5.74) is 2.78. The molecular formula is C18H31NO. The first kappa shape index (κ1) is 17.2. The van der Waals surface area contributed by atoms with Crippen LogP contribution >= 0.6 is 0 Å². The van der Waals surface area contributed by atoms with Gasteiger partial charge in [-0.05, 0) is 35.8 Å². The van der Waals surface area contributed by atoms with Crippen molar-refractivity contribution in [1.29, 1.82) is 0 Å². The number of hydrogen-bond acceptors (Lipinski definition) is 2. The average molecular weight is 277 g/mol. The molecule has 1 aromatic rings. The number of benzene rings is 1. The second-order valence-electron chi connectivity index (χ2n) is 6.39. The first-order valence-electron chi connectivity index (χ1n) is 7.94. The van der Waals surface area contributed by atoms with Gasteiger partial charge in [0, 0.05) is 19.7 Å². The fourth-order valence-electron chi connectivity index (χ4n) is 2.06. The molecule has 0 saturated carbocycles. The van der Waals surface area contributed by atoms with E-state index >= 15 is 0 Å². The Bertz CT molecular complexity index is 343. The molecule has 0 amide bonds. The van der Waals surface area contributed by atoms with Gasteiger partial charge in [-0.1, -0.05) is 52.0 Å². The van der Waals surface area contributed by atoms with Crippen LogP contribution in [0.5, 0.6) is 0 Å². The predicted octanol–water partition coefficient (Wildman–Crippen LogP) is 4.04. The van der Waals surface area contributed by atoms with Gasteiger partial charge in [0.2, 0.25) is 0 Å². The summed E-state index contributed by atoms with van der Waals surface area (Å²) in [6.07, 6.45) is 2.31. The van der Waals surface area contributed by atoms with Crippen LogP contribution in [0, 0.1) is 11.8 Å². The Morgan fingerprint density at radius 3 is 2.15 bits per heavy atom. The normalized spacial score (nSPS) is 11.5. The molecule has 0 saturated heterocycles. The third-order valence-electron chi connectivity index (χ3n) is 3.26. The summed E-state index contributed by atoms with van der Waals surface area (Å²) in [7, 11) is 0. The zero-order valence-electron chi connectivity index (χ0n) is 13.6. The molecule has 2 nitrogen and oxygen atoms in total. The van der Waals surface area contributed by atoms with Gasteiger partial charge in [0.15, 0.2) is 0 Å². The molecule has 0 unspecified atom stereocenters. The minimum Gasteiger partial charge on any atom is -0.380 e. The van der Waals surface area contributed by atoms with E-state index in [1.54, 1.807) is 0 Å². The van der Waals surface area contributed by atoms with Crippen molar-refractivity contribution in [3.63, 3.8) is 0 Å². The lowest BCUT2D eigenvalue weighted by Crippen LogP contribution is -2.19. The Hall–Kier alpha value is -0.860. The third-order valence-corrected chi connectivity index (χ3v) is 3.26. The van der Waals surface area contributed by atoms with Crippen molar-refractivity contribution in [2.45, 2.75) is 47.1 Å². The molecule has 0 spiro atoms. The summed E-state index contributed by atoms with van der Waals surface area (Å²) in [5, 5.41) is 3.43. The van der Waals surface area contributed by atoms with E-state index in [-0.39, 0.29) is 0 Å². The molecular weight excluding hydrogens is 246 g/mol. The van der Waals surface area contributed by atoms with Crippen molar-refractivity contribution in [2.24, 2.45) is 11.8 Å². The highest BCUT2D eigenvalue weighted by molar-refractivity contribution is 5.22. The molecule has 1 aromatic carbocycles. The van der Waals surface area contributed by atoms with Crippen LogP contribution in [-0.2, 0) is 17.7 Å². The van der Waals surface area contributed by atoms with Crippen LogP contribution in [0.15, 0.2) is 24.3 Å². The maximum atomic E-state index is 5.58. The number of nitrogens with one attached hydrogen (secondary N) is 1. The van der Waals surface area contributed by atoms with Gasteiger partial charge in [-0.25, -0.2) is 0 Å². The van der Waals surface area contributed by atoms with Gasteiger partial charge >= 0.3 is 0 Å². The van der Waals surface area contributed by atoms with Crippen molar-refractivity contribution in [3.8, 4) is 0 Å². The van der Waals surface area contributed by atoms with Crippen LogP contribution in [0.2, 0.25) is 0 Å². The number of ether oxygens (including phenoxy) is 1. The van der Waals surface area contributed by atoms with E-state index in [0.717, 1.165) is 51.0 Å². The quantitative estimate of drug-likeness (QED) is 0.652. The summed E-state index contributed by atoms with van der Waals surface area (Å²) in [6, 6.07) is 8.95. The molecule has 1 N–H and O–H groups in total. The minimum absolute atomic E-state index is 0.724. The van der Waals surface area contributed by atoms with Crippen LogP contribution in [0.1, 0.15) is 45.2 Å². The molecule has 114 valence electrons. The molecule has 0 atom stereocenters. The summed E-state index contributed by atoms with van der Waals surface area (Å²) in [5.74, 6) is 1.45. The standard InChI is InChI=1S/C18H31NO/c1-15(2)9-11-20-12-10-19-14-18-7-5-17(6-8-18)13-16(3)4/h5-8,15-16,19H,9-14H2,1-4H3. The van der Waals surface area contributed by atoms with E-state index in [9.17, 15) is 0 Å². The van der Waals surface area contributed by atoms with Crippen LogP contribution in [0.3, 0.4) is 0 Å². The second-order valence-corrected chi connectivity index (χ2v) is 6.39. The summed E-state index contributed by atoms with van der Waals surface area (Å²) in [4.78, 5) is 0. The van der Waals surface area contributed by atoms with Crippen LogP contribution < -0.4 is 5.32 Å². The largest absolute Gasteiger partial charge is 0.380 e. The maximum absolute atomic E-state index is 5.58. The molecule has 0 radical (unpaired) electrons. The van der Waals surface area contributed by atoms with E-state index in [2.05, 4.69) is 57.3 Å². The highest BCUT2D eigenvalue weighted by atomic mass is 16.5. The molecule has 2 heteroatoms. The monoisotopic (exact) mass is 277 g/mol. The van der Waals surface area contributed by atoms with Crippen molar-refractivity contribution >= 4 is 0 Å². The fourth-order valence-corrected chi connectivity index (χ4v) is 2.06. The van der Waals surface area contributed by atoms with E-state index < -0.39 is 0 Å². The second kappa shape index (κ2) is 9.95. The van der Waals surface area contributed by atoms with Crippen molar-refractivity contribution in [3.05, 3.63) is 35.4 Å². The summed E-state index contributed by atoms with van der Waals surface area (Å²) < 4.78 is 5.58. The lowest BCUT2D eigenvalue weighted by atomic mass is 10.0. The van der Waals surface area contributed by atoms with E-state index in [4.69, 9.17) is 4.74 Å². The first-order chi connectivity index (χ1) is 9.58. The molecule has 0 heterocycles. The molecule has 0 aliphatic rings. The van der Waals surface area contributed by atoms with Crippen LogP contribution in [-0.4, -0.2) is 19.8 Å². The average Bonchev–Trinajstić information content (AvgIpc) is 2.38. The third kappa shape index (κ3) is 8.34. The molecule has 0 fully saturated rings. The lowest BCUT2D eigenvalue weighted by Gasteiger charge is -2.09. The molecule has 0 aromatic heterocycles. The SMILES string of the molecule is CC(C)CCOCCNCc1ccc(CC(C)C)cc1. The van der Waals surface area contributed by atoms with Crippen molar-refractivity contribution in [2.75, 3.05) is 19.8 Å². The van der Waals surface area contributed by atoms with E-state index in [0.29, 0.717) is 0 Å². The van der Waals surface area contributed by atoms with Gasteiger partial charge in [0.1, 0.15) is 0 Å². The molecule has 20 heavy (non-hydrogen) atoms. The lowest BCUT2D eigenvalue weighted by molar-refractivity contribution is 0.125. The van der Waals surface area contributed by atoms with Crippen molar-refractivity contribution < 1.29 is 4.74 Å². The van der Waals surface area contributed by atoms with Gasteiger partial charge < -0.3 is 10.1 Å². The Morgan fingerprint density at radius 2 is 1.55 bits per heavy atom. The summed E-state index contributed by atoms with van der Waals surface area (Å²) in [6.45, 7) is 12.5. The molecule has 0 aliphatic carbocycles. The zero-order chi connectivity index (χ0) is 14.8. The van der Waals surface area contributed by atoms with E-state index in [1.807, 2.05) is 0 Å². The Kier molecular flexibility index (Phi) is 8.56. The highest BCUT2D eigenvalue weighted by Gasteiger charge is 1.98. The Labute approximate surface area is 124 Å². The van der Waals surface area contributed by atoms with Gasteiger partial charge in [-0.2, -0.15) is 0 Å². The minimum atomic E-state index is 0.724. The molecule has 1 rings (SSSR count). The van der Waals surface area contributed by atoms with Gasteiger partial charge in [-0.3, -0.25) is 0 Å². The van der Waals surface area contributed by atoms with Crippen LogP contribution in [0.4, 0.5) is 0 Å². The number of rotatable bonds is 10. The van der Waals surface area contributed by atoms with Gasteiger partial charge in [0.25, 0.3) is 0 Å². The molecule has 0 bridgehead atoms. The number of hydrogen-bond donors (Lipinski definition) is 1. The Morgan fingerprint density at radius 1 is 0.900 bits per heavy atom. The Balaban J connectivity index is 2.10. The van der Waals surface area contributed by atoms with Crippen molar-refractivity contribution in [1.82, 2.24) is 5.32 Å². The van der Waals surface area contributed by atoms with Gasteiger partial charge in [-0.15, -0.1) is 0 Å². The molecule has 0 aliphatic heterocycles. The fraction of sp³-hybridized carbons (Fsp3) is 0.667. The van der Waals surface area contributed by atoms with E-state index in [1.165, 1.54) is 11.1 Å². The first-order valence-corrected chi connectivity index (χ1v) is 7.94. The summed E-state index contributed by atoms with van der Waals surface area (Å²) >= 11 is 0. The predicted molar refractivity (Wildman–Crippen MR) is 87.0 cm³/mol. The smallest absolute Gasteiger partial charge is 0.0591 e.